The second-order valence-electron chi connectivity index (χ2n) is 5.37. The predicted octanol–water partition coefficient (Wildman–Crippen LogP) is 4.05. The summed E-state index contributed by atoms with van der Waals surface area (Å²) in [7, 11) is 0. The highest BCUT2D eigenvalue weighted by molar-refractivity contribution is 7.99. The maximum atomic E-state index is 11.2. The van der Waals surface area contributed by atoms with E-state index in [2.05, 4.69) is 15.5 Å². The van der Waals surface area contributed by atoms with Crippen LogP contribution in [0.15, 0.2) is 60.0 Å². The number of hydrogen-bond donors (Lipinski definition) is 1. The van der Waals surface area contributed by atoms with Crippen LogP contribution in [0, 0.1) is 0 Å². The minimum Gasteiger partial charge on any atom is -0.493 e. The van der Waals surface area contributed by atoms with Crippen LogP contribution in [0.25, 0.3) is 5.69 Å². The van der Waals surface area contributed by atoms with Gasteiger partial charge in [-0.2, -0.15) is 0 Å². The summed E-state index contributed by atoms with van der Waals surface area (Å²) in [6.45, 7) is 2.00. The smallest absolute Gasteiger partial charge is 0.221 e. The SMILES string of the molecule is CC(=O)Nc1cccc(-n2cnnc2SCCOc2cccc(Cl)c2)c1. The highest BCUT2D eigenvalue weighted by Crippen LogP contribution is 2.22. The van der Waals surface area contributed by atoms with Gasteiger partial charge in [-0.05, 0) is 36.4 Å². The molecule has 0 bridgehead atoms. The van der Waals surface area contributed by atoms with Crippen LogP contribution < -0.4 is 10.1 Å². The molecule has 3 rings (SSSR count). The van der Waals surface area contributed by atoms with Crippen LogP contribution in [0.4, 0.5) is 5.69 Å². The molecule has 1 amide bonds. The number of rotatable bonds is 7. The standard InChI is InChI=1S/C18H17ClN4O2S/c1-13(24)21-15-5-3-6-16(11-15)23-12-20-22-18(23)26-9-8-25-17-7-2-4-14(19)10-17/h2-7,10-12H,8-9H2,1H3,(H,21,24). The van der Waals surface area contributed by atoms with Crippen molar-refractivity contribution in [1.29, 1.82) is 0 Å². The molecule has 6 nitrogen and oxygen atoms in total. The number of carbonyl (C=O) groups excluding carboxylic acids is 1. The minimum absolute atomic E-state index is 0.112. The third-order valence-corrected chi connectivity index (χ3v) is 4.48. The Hall–Kier alpha value is -2.51. The number of ether oxygens (including phenoxy) is 1. The zero-order valence-electron chi connectivity index (χ0n) is 14.1. The molecule has 134 valence electrons. The predicted molar refractivity (Wildman–Crippen MR) is 103 cm³/mol. The monoisotopic (exact) mass is 388 g/mol. The average molecular weight is 389 g/mol. The number of benzene rings is 2. The molecule has 0 saturated heterocycles. The Bertz CT molecular complexity index is 900. The van der Waals surface area contributed by atoms with Gasteiger partial charge in [-0.15, -0.1) is 10.2 Å². The molecule has 2 aromatic carbocycles. The maximum Gasteiger partial charge on any atom is 0.221 e. The topological polar surface area (TPSA) is 69.0 Å². The largest absolute Gasteiger partial charge is 0.493 e. The van der Waals surface area contributed by atoms with Crippen LogP contribution in [0.1, 0.15) is 6.92 Å². The van der Waals surface area contributed by atoms with Gasteiger partial charge < -0.3 is 10.1 Å². The molecule has 0 aliphatic rings. The third-order valence-electron chi connectivity index (χ3n) is 3.34. The van der Waals surface area contributed by atoms with Crippen molar-refractivity contribution in [3.8, 4) is 11.4 Å². The first kappa shape index (κ1) is 18.3. The fraction of sp³-hybridized carbons (Fsp3) is 0.167. The molecule has 0 aliphatic heterocycles. The molecule has 1 heterocycles. The van der Waals surface area contributed by atoms with Gasteiger partial charge in [-0.1, -0.05) is 35.5 Å². The Morgan fingerprint density at radius 2 is 2.12 bits per heavy atom. The summed E-state index contributed by atoms with van der Waals surface area (Å²) in [6, 6.07) is 14.8. The molecular formula is C18H17ClN4O2S. The molecule has 26 heavy (non-hydrogen) atoms. The lowest BCUT2D eigenvalue weighted by Crippen LogP contribution is -2.06. The van der Waals surface area contributed by atoms with Crippen LogP contribution >= 0.6 is 23.4 Å². The van der Waals surface area contributed by atoms with E-state index >= 15 is 0 Å². The second kappa shape index (κ2) is 8.73. The molecule has 0 unspecified atom stereocenters. The van der Waals surface area contributed by atoms with E-state index in [-0.39, 0.29) is 5.91 Å². The van der Waals surface area contributed by atoms with E-state index in [1.165, 1.54) is 18.7 Å². The molecule has 0 fully saturated rings. The fourth-order valence-electron chi connectivity index (χ4n) is 2.29. The highest BCUT2D eigenvalue weighted by Gasteiger charge is 2.08. The Morgan fingerprint density at radius 3 is 2.92 bits per heavy atom. The Morgan fingerprint density at radius 1 is 1.27 bits per heavy atom. The van der Waals surface area contributed by atoms with E-state index < -0.39 is 0 Å². The van der Waals surface area contributed by atoms with Gasteiger partial charge in [0.05, 0.1) is 12.3 Å². The number of aromatic nitrogens is 3. The van der Waals surface area contributed by atoms with Crippen molar-refractivity contribution in [3.05, 3.63) is 59.9 Å². The Kier molecular flexibility index (Phi) is 6.14. The van der Waals surface area contributed by atoms with Gasteiger partial charge in [-0.3, -0.25) is 9.36 Å². The molecule has 0 atom stereocenters. The summed E-state index contributed by atoms with van der Waals surface area (Å²) < 4.78 is 7.55. The van der Waals surface area contributed by atoms with Crippen molar-refractivity contribution in [2.45, 2.75) is 12.1 Å². The molecular weight excluding hydrogens is 372 g/mol. The lowest BCUT2D eigenvalue weighted by atomic mass is 10.2. The van der Waals surface area contributed by atoms with Gasteiger partial charge in [-0.25, -0.2) is 0 Å². The first-order chi connectivity index (χ1) is 12.6. The normalized spacial score (nSPS) is 10.5. The number of halogens is 1. The van der Waals surface area contributed by atoms with E-state index in [1.54, 1.807) is 18.5 Å². The van der Waals surface area contributed by atoms with Gasteiger partial charge in [0.2, 0.25) is 5.91 Å². The van der Waals surface area contributed by atoms with E-state index in [9.17, 15) is 4.79 Å². The van der Waals surface area contributed by atoms with Crippen LogP contribution in [0.3, 0.4) is 0 Å². The summed E-state index contributed by atoms with van der Waals surface area (Å²) in [6.07, 6.45) is 1.65. The molecule has 0 aliphatic carbocycles. The van der Waals surface area contributed by atoms with Crippen LogP contribution in [-0.4, -0.2) is 33.0 Å². The summed E-state index contributed by atoms with van der Waals surface area (Å²) in [5, 5.41) is 12.3. The molecule has 1 N–H and O–H groups in total. The number of hydrogen-bond acceptors (Lipinski definition) is 5. The van der Waals surface area contributed by atoms with Crippen LogP contribution in [0.2, 0.25) is 5.02 Å². The summed E-state index contributed by atoms with van der Waals surface area (Å²) in [5.74, 6) is 1.33. The van der Waals surface area contributed by atoms with Crippen molar-refractivity contribution in [3.63, 3.8) is 0 Å². The van der Waals surface area contributed by atoms with Crippen molar-refractivity contribution in [1.82, 2.24) is 14.8 Å². The molecule has 0 radical (unpaired) electrons. The zero-order chi connectivity index (χ0) is 18.4. The number of amides is 1. The number of nitrogens with zero attached hydrogens (tertiary/aromatic N) is 3. The number of carbonyl (C=O) groups is 1. The molecule has 3 aromatic rings. The lowest BCUT2D eigenvalue weighted by molar-refractivity contribution is -0.114. The van der Waals surface area contributed by atoms with Crippen molar-refractivity contribution in [2.24, 2.45) is 0 Å². The van der Waals surface area contributed by atoms with Crippen molar-refractivity contribution in [2.75, 3.05) is 17.7 Å². The average Bonchev–Trinajstić information content (AvgIpc) is 3.07. The van der Waals surface area contributed by atoms with E-state index in [0.29, 0.717) is 17.4 Å². The summed E-state index contributed by atoms with van der Waals surface area (Å²) >= 11 is 7.47. The Labute approximate surface area is 160 Å². The van der Waals surface area contributed by atoms with Gasteiger partial charge in [0, 0.05) is 23.4 Å². The molecule has 8 heteroatoms. The van der Waals surface area contributed by atoms with E-state index in [4.69, 9.17) is 16.3 Å². The van der Waals surface area contributed by atoms with Gasteiger partial charge >= 0.3 is 0 Å². The van der Waals surface area contributed by atoms with Crippen molar-refractivity contribution < 1.29 is 9.53 Å². The number of anilines is 1. The molecule has 0 spiro atoms. The highest BCUT2D eigenvalue weighted by atomic mass is 35.5. The molecule has 1 aromatic heterocycles. The van der Waals surface area contributed by atoms with E-state index in [1.807, 2.05) is 41.0 Å². The first-order valence-corrected chi connectivity index (χ1v) is 9.27. The minimum atomic E-state index is -0.112. The van der Waals surface area contributed by atoms with Gasteiger partial charge in [0.15, 0.2) is 5.16 Å². The van der Waals surface area contributed by atoms with Crippen LogP contribution in [-0.2, 0) is 4.79 Å². The summed E-state index contributed by atoms with van der Waals surface area (Å²) in [5.41, 5.74) is 1.60. The fourth-order valence-corrected chi connectivity index (χ4v) is 3.21. The van der Waals surface area contributed by atoms with Crippen molar-refractivity contribution >= 4 is 35.0 Å². The van der Waals surface area contributed by atoms with Crippen LogP contribution in [0.5, 0.6) is 5.75 Å². The maximum absolute atomic E-state index is 11.2. The van der Waals surface area contributed by atoms with E-state index in [0.717, 1.165) is 22.3 Å². The first-order valence-electron chi connectivity index (χ1n) is 7.91. The lowest BCUT2D eigenvalue weighted by Gasteiger charge is -2.09. The van der Waals surface area contributed by atoms with Gasteiger partial charge in [0.1, 0.15) is 12.1 Å². The number of thioether (sulfide) groups is 1. The number of nitrogens with one attached hydrogen (secondary N) is 1. The Balaban J connectivity index is 1.61. The molecule has 0 saturated carbocycles. The second-order valence-corrected chi connectivity index (χ2v) is 6.87. The third kappa shape index (κ3) is 5.00. The zero-order valence-corrected chi connectivity index (χ0v) is 15.6. The quantitative estimate of drug-likeness (QED) is 0.488. The summed E-state index contributed by atoms with van der Waals surface area (Å²) in [4.78, 5) is 11.2. The van der Waals surface area contributed by atoms with Gasteiger partial charge in [0.25, 0.3) is 0 Å².